The standard InChI is InChI=1S/C16H21NO4/c1-9-4-5-12(8-10(9)2)11(3)17-15(18)13-6-7-14(21-13)16(19)20/h4-5,8,11,13-14H,6-7H2,1-3H3,(H,17,18)(H,19,20)/t11?,13-,14+/m0/s1. The Balaban J connectivity index is 1.96. The Hall–Kier alpha value is -1.88. The van der Waals surface area contributed by atoms with Crippen molar-refractivity contribution in [3.05, 3.63) is 34.9 Å². The second kappa shape index (κ2) is 6.26. The molecule has 1 aromatic carbocycles. The number of aryl methyl sites for hydroxylation is 2. The van der Waals surface area contributed by atoms with Gasteiger partial charge in [0, 0.05) is 0 Å². The molecule has 1 saturated heterocycles. The van der Waals surface area contributed by atoms with Gasteiger partial charge in [0.25, 0.3) is 0 Å². The third kappa shape index (κ3) is 3.61. The Labute approximate surface area is 124 Å². The molecule has 1 aliphatic heterocycles. The molecule has 1 fully saturated rings. The molecule has 21 heavy (non-hydrogen) atoms. The lowest BCUT2D eigenvalue weighted by atomic mass is 10.0. The molecule has 3 atom stereocenters. The first-order valence-corrected chi connectivity index (χ1v) is 7.14. The molecule has 5 heteroatoms. The number of amides is 1. The van der Waals surface area contributed by atoms with Gasteiger partial charge < -0.3 is 15.2 Å². The Kier molecular flexibility index (Phi) is 4.63. The summed E-state index contributed by atoms with van der Waals surface area (Å²) < 4.78 is 5.25. The molecular formula is C16H21NO4. The number of carboxylic acids is 1. The normalized spacial score (nSPS) is 22.8. The van der Waals surface area contributed by atoms with E-state index in [1.807, 2.05) is 32.9 Å². The second-order valence-corrected chi connectivity index (χ2v) is 5.60. The molecule has 1 aliphatic rings. The van der Waals surface area contributed by atoms with E-state index in [1.165, 1.54) is 11.1 Å². The van der Waals surface area contributed by atoms with Crippen molar-refractivity contribution >= 4 is 11.9 Å². The minimum absolute atomic E-state index is 0.135. The van der Waals surface area contributed by atoms with Crippen LogP contribution in [0.5, 0.6) is 0 Å². The molecule has 5 nitrogen and oxygen atoms in total. The van der Waals surface area contributed by atoms with Crippen LogP contribution in [0.2, 0.25) is 0 Å². The Morgan fingerprint density at radius 1 is 1.24 bits per heavy atom. The van der Waals surface area contributed by atoms with Crippen molar-refractivity contribution in [3.63, 3.8) is 0 Å². The Morgan fingerprint density at radius 3 is 2.48 bits per heavy atom. The van der Waals surface area contributed by atoms with Crippen LogP contribution in [0.15, 0.2) is 18.2 Å². The highest BCUT2D eigenvalue weighted by molar-refractivity contribution is 5.83. The summed E-state index contributed by atoms with van der Waals surface area (Å²) in [6, 6.07) is 5.93. The lowest BCUT2D eigenvalue weighted by molar-refractivity contribution is -0.151. The molecule has 1 aromatic rings. The van der Waals surface area contributed by atoms with E-state index in [9.17, 15) is 9.59 Å². The van der Waals surface area contributed by atoms with Gasteiger partial charge in [0.15, 0.2) is 6.10 Å². The van der Waals surface area contributed by atoms with E-state index in [4.69, 9.17) is 9.84 Å². The largest absolute Gasteiger partial charge is 0.479 e. The molecule has 0 aliphatic carbocycles. The van der Waals surface area contributed by atoms with Gasteiger partial charge in [-0.2, -0.15) is 0 Å². The third-order valence-electron chi connectivity index (χ3n) is 3.98. The minimum atomic E-state index is -1.01. The molecule has 0 bridgehead atoms. The SMILES string of the molecule is Cc1ccc(C(C)NC(=O)[C@@H]2CC[C@H](C(=O)O)O2)cc1C. The number of rotatable bonds is 4. The summed E-state index contributed by atoms with van der Waals surface area (Å²) in [7, 11) is 0. The predicted octanol–water partition coefficient (Wildman–Crippen LogP) is 2.11. The van der Waals surface area contributed by atoms with E-state index in [1.54, 1.807) is 0 Å². The molecule has 0 saturated carbocycles. The zero-order valence-corrected chi connectivity index (χ0v) is 12.6. The van der Waals surface area contributed by atoms with E-state index in [0.717, 1.165) is 5.56 Å². The highest BCUT2D eigenvalue weighted by atomic mass is 16.5. The molecule has 1 amide bonds. The number of hydrogen-bond acceptors (Lipinski definition) is 3. The smallest absolute Gasteiger partial charge is 0.332 e. The fourth-order valence-electron chi connectivity index (χ4n) is 2.44. The number of ether oxygens (including phenoxy) is 1. The average Bonchev–Trinajstić information content (AvgIpc) is 2.91. The van der Waals surface area contributed by atoms with E-state index < -0.39 is 18.2 Å². The molecule has 2 N–H and O–H groups in total. The molecule has 1 unspecified atom stereocenters. The first kappa shape index (κ1) is 15.5. The number of aliphatic carboxylic acids is 1. The van der Waals surface area contributed by atoms with Crippen molar-refractivity contribution in [1.82, 2.24) is 5.32 Å². The van der Waals surface area contributed by atoms with Crippen molar-refractivity contribution in [3.8, 4) is 0 Å². The van der Waals surface area contributed by atoms with Crippen molar-refractivity contribution in [2.45, 2.75) is 51.9 Å². The summed E-state index contributed by atoms with van der Waals surface area (Å²) in [4.78, 5) is 22.9. The molecule has 2 rings (SSSR count). The maximum atomic E-state index is 12.1. The van der Waals surface area contributed by atoms with Crippen LogP contribution in [0.1, 0.15) is 42.5 Å². The van der Waals surface area contributed by atoms with E-state index in [0.29, 0.717) is 12.8 Å². The first-order chi connectivity index (χ1) is 9.88. The zero-order valence-electron chi connectivity index (χ0n) is 12.6. The lowest BCUT2D eigenvalue weighted by Crippen LogP contribution is -2.37. The summed E-state index contributed by atoms with van der Waals surface area (Å²) in [5, 5.41) is 11.8. The number of carbonyl (C=O) groups excluding carboxylic acids is 1. The molecular weight excluding hydrogens is 270 g/mol. The topological polar surface area (TPSA) is 75.6 Å². The van der Waals surface area contributed by atoms with Crippen molar-refractivity contribution < 1.29 is 19.4 Å². The molecule has 0 aromatic heterocycles. The number of benzene rings is 1. The Bertz CT molecular complexity index is 555. The number of nitrogens with one attached hydrogen (secondary N) is 1. The molecule has 0 spiro atoms. The van der Waals surface area contributed by atoms with Gasteiger partial charge in [0.1, 0.15) is 6.10 Å². The quantitative estimate of drug-likeness (QED) is 0.891. The van der Waals surface area contributed by atoms with Crippen LogP contribution in [0.25, 0.3) is 0 Å². The van der Waals surface area contributed by atoms with Gasteiger partial charge in [0.2, 0.25) is 5.91 Å². The fraction of sp³-hybridized carbons (Fsp3) is 0.500. The van der Waals surface area contributed by atoms with Crippen LogP contribution >= 0.6 is 0 Å². The summed E-state index contributed by atoms with van der Waals surface area (Å²) >= 11 is 0. The zero-order chi connectivity index (χ0) is 15.6. The van der Waals surface area contributed by atoms with Crippen LogP contribution < -0.4 is 5.32 Å². The average molecular weight is 291 g/mol. The van der Waals surface area contributed by atoms with Gasteiger partial charge in [-0.3, -0.25) is 4.79 Å². The number of carbonyl (C=O) groups is 2. The van der Waals surface area contributed by atoms with Gasteiger partial charge in [-0.1, -0.05) is 18.2 Å². The lowest BCUT2D eigenvalue weighted by Gasteiger charge is -2.18. The summed E-state index contributed by atoms with van der Waals surface area (Å²) in [5.41, 5.74) is 3.41. The van der Waals surface area contributed by atoms with Crippen molar-refractivity contribution in [2.75, 3.05) is 0 Å². The molecule has 1 heterocycles. The monoisotopic (exact) mass is 291 g/mol. The fourth-order valence-corrected chi connectivity index (χ4v) is 2.44. The minimum Gasteiger partial charge on any atom is -0.479 e. The van der Waals surface area contributed by atoms with Crippen LogP contribution in [0, 0.1) is 13.8 Å². The second-order valence-electron chi connectivity index (χ2n) is 5.60. The predicted molar refractivity (Wildman–Crippen MR) is 78.0 cm³/mol. The van der Waals surface area contributed by atoms with E-state index in [2.05, 4.69) is 11.4 Å². The third-order valence-corrected chi connectivity index (χ3v) is 3.98. The highest BCUT2D eigenvalue weighted by Crippen LogP contribution is 2.22. The van der Waals surface area contributed by atoms with Gasteiger partial charge in [-0.05, 0) is 50.3 Å². The van der Waals surface area contributed by atoms with Gasteiger partial charge in [0.05, 0.1) is 6.04 Å². The first-order valence-electron chi connectivity index (χ1n) is 7.14. The van der Waals surface area contributed by atoms with Gasteiger partial charge >= 0.3 is 5.97 Å². The number of carboxylic acid groups (broad SMARTS) is 1. The Morgan fingerprint density at radius 2 is 1.90 bits per heavy atom. The maximum Gasteiger partial charge on any atom is 0.332 e. The summed E-state index contributed by atoms with van der Waals surface area (Å²) in [5.74, 6) is -1.25. The van der Waals surface area contributed by atoms with Gasteiger partial charge in [-0.15, -0.1) is 0 Å². The van der Waals surface area contributed by atoms with Crippen molar-refractivity contribution in [1.29, 1.82) is 0 Å². The van der Waals surface area contributed by atoms with Gasteiger partial charge in [-0.25, -0.2) is 4.79 Å². The van der Waals surface area contributed by atoms with Crippen molar-refractivity contribution in [2.24, 2.45) is 0 Å². The summed E-state index contributed by atoms with van der Waals surface area (Å²) in [6.07, 6.45) is -0.703. The van der Waals surface area contributed by atoms with Crippen LogP contribution in [-0.4, -0.2) is 29.2 Å². The van der Waals surface area contributed by atoms with Crippen LogP contribution in [-0.2, 0) is 14.3 Å². The van der Waals surface area contributed by atoms with Crippen LogP contribution in [0.4, 0.5) is 0 Å². The maximum absolute atomic E-state index is 12.1. The summed E-state index contributed by atoms with van der Waals surface area (Å²) in [6.45, 7) is 5.98. The number of hydrogen-bond donors (Lipinski definition) is 2. The molecule has 114 valence electrons. The van der Waals surface area contributed by atoms with E-state index in [-0.39, 0.29) is 11.9 Å². The van der Waals surface area contributed by atoms with E-state index >= 15 is 0 Å². The highest BCUT2D eigenvalue weighted by Gasteiger charge is 2.35. The molecule has 0 radical (unpaired) electrons. The van der Waals surface area contributed by atoms with Crippen LogP contribution in [0.3, 0.4) is 0 Å².